The Bertz CT molecular complexity index is 424. The maximum Gasteiger partial charge on any atom is 0.255 e. The second-order valence-electron chi connectivity index (χ2n) is 2.70. The van der Waals surface area contributed by atoms with Crippen LogP contribution in [0, 0.1) is 0 Å². The average Bonchev–Trinajstić information content (AvgIpc) is 2.67. The Hall–Kier alpha value is -0.930. The van der Waals surface area contributed by atoms with Gasteiger partial charge in [-0.1, -0.05) is 23.4 Å². The van der Waals surface area contributed by atoms with Crippen molar-refractivity contribution >= 4 is 23.4 Å². The molecule has 2 rings (SSSR count). The molecule has 72 valence electrons. The number of nitrogens with zero attached hydrogens (tertiary/aromatic N) is 1. The molecule has 1 heterocycles. The molecule has 0 bridgehead atoms. The Morgan fingerprint density at radius 1 is 1.29 bits per heavy atom. The highest BCUT2D eigenvalue weighted by Gasteiger charge is 2.04. The van der Waals surface area contributed by atoms with Gasteiger partial charge >= 0.3 is 0 Å². The molecule has 1 aromatic heterocycles. The van der Waals surface area contributed by atoms with Gasteiger partial charge in [-0.2, -0.15) is 0 Å². The predicted octanol–water partition coefficient (Wildman–Crippen LogP) is 3.72. The lowest BCUT2D eigenvalue weighted by atomic mass is 10.2. The molecule has 4 heteroatoms. The number of hydrogen-bond donors (Lipinski definition) is 0. The fourth-order valence-electron chi connectivity index (χ4n) is 1.10. The van der Waals surface area contributed by atoms with Gasteiger partial charge in [0.25, 0.3) is 5.22 Å². The van der Waals surface area contributed by atoms with E-state index in [0.29, 0.717) is 5.22 Å². The summed E-state index contributed by atoms with van der Waals surface area (Å²) in [6.45, 7) is 0. The molecule has 0 N–H and O–H groups in total. The van der Waals surface area contributed by atoms with Gasteiger partial charge in [0.05, 0.1) is 6.20 Å². The molecule has 2 nitrogen and oxygen atoms in total. The molecule has 2 aromatic rings. The van der Waals surface area contributed by atoms with E-state index in [-0.39, 0.29) is 0 Å². The van der Waals surface area contributed by atoms with Crippen molar-refractivity contribution in [1.82, 2.24) is 4.98 Å². The van der Waals surface area contributed by atoms with Crippen LogP contribution in [0.5, 0.6) is 0 Å². The van der Waals surface area contributed by atoms with E-state index in [9.17, 15) is 0 Å². The molecule has 0 unspecified atom stereocenters. The molecule has 0 aliphatic heterocycles. The van der Waals surface area contributed by atoms with Crippen LogP contribution in [0.25, 0.3) is 11.3 Å². The summed E-state index contributed by atoms with van der Waals surface area (Å²) >= 11 is 7.26. The maximum atomic E-state index is 5.78. The smallest absolute Gasteiger partial charge is 0.255 e. The first-order valence-corrected chi connectivity index (χ1v) is 5.65. The van der Waals surface area contributed by atoms with Gasteiger partial charge in [-0.25, -0.2) is 4.98 Å². The van der Waals surface area contributed by atoms with Crippen LogP contribution in [0.15, 0.2) is 40.1 Å². The van der Waals surface area contributed by atoms with Crippen LogP contribution in [-0.2, 0) is 0 Å². The van der Waals surface area contributed by atoms with Crippen LogP contribution in [0.2, 0.25) is 5.02 Å². The Morgan fingerprint density at radius 2 is 2.00 bits per heavy atom. The molecule has 0 aliphatic carbocycles. The number of aromatic nitrogens is 1. The molecule has 0 fully saturated rings. The summed E-state index contributed by atoms with van der Waals surface area (Å²) in [4.78, 5) is 4.10. The van der Waals surface area contributed by atoms with Crippen LogP contribution in [0.1, 0.15) is 0 Å². The van der Waals surface area contributed by atoms with Crippen molar-refractivity contribution in [2.24, 2.45) is 0 Å². The lowest BCUT2D eigenvalue weighted by molar-refractivity contribution is 0.467. The number of benzene rings is 1. The van der Waals surface area contributed by atoms with Gasteiger partial charge in [-0.05, 0) is 30.5 Å². The fourth-order valence-corrected chi connectivity index (χ4v) is 1.56. The molecule has 1 aromatic carbocycles. The summed E-state index contributed by atoms with van der Waals surface area (Å²) in [5.74, 6) is 0.769. The summed E-state index contributed by atoms with van der Waals surface area (Å²) < 4.78 is 5.47. The van der Waals surface area contributed by atoms with E-state index >= 15 is 0 Å². The second-order valence-corrected chi connectivity index (χ2v) is 3.90. The van der Waals surface area contributed by atoms with Crippen LogP contribution in [0.3, 0.4) is 0 Å². The van der Waals surface area contributed by atoms with Crippen molar-refractivity contribution in [2.45, 2.75) is 5.22 Å². The van der Waals surface area contributed by atoms with Crippen molar-refractivity contribution < 1.29 is 4.42 Å². The van der Waals surface area contributed by atoms with Crippen LogP contribution in [-0.4, -0.2) is 11.2 Å². The lowest BCUT2D eigenvalue weighted by Gasteiger charge is -1.95. The normalized spacial score (nSPS) is 10.4. The predicted molar refractivity (Wildman–Crippen MR) is 58.7 cm³/mol. The van der Waals surface area contributed by atoms with Gasteiger partial charge < -0.3 is 4.42 Å². The van der Waals surface area contributed by atoms with Gasteiger partial charge in [0.2, 0.25) is 0 Å². The Balaban J connectivity index is 2.34. The van der Waals surface area contributed by atoms with Crippen molar-refractivity contribution in [3.05, 3.63) is 35.5 Å². The Labute approximate surface area is 91.3 Å². The van der Waals surface area contributed by atoms with E-state index in [2.05, 4.69) is 4.98 Å². The SMILES string of the molecule is CSc1ncc(-c2ccc(Cl)cc2)o1. The first kappa shape index (κ1) is 9.62. The quantitative estimate of drug-likeness (QED) is 0.729. The van der Waals surface area contributed by atoms with Gasteiger partial charge in [0.1, 0.15) is 0 Å². The average molecular weight is 226 g/mol. The van der Waals surface area contributed by atoms with E-state index in [1.807, 2.05) is 30.5 Å². The second kappa shape index (κ2) is 4.07. The van der Waals surface area contributed by atoms with Gasteiger partial charge in [-0.3, -0.25) is 0 Å². The largest absolute Gasteiger partial charge is 0.431 e. The molecular weight excluding hydrogens is 218 g/mol. The van der Waals surface area contributed by atoms with Crippen LogP contribution < -0.4 is 0 Å². The van der Waals surface area contributed by atoms with Crippen LogP contribution >= 0.6 is 23.4 Å². The zero-order valence-corrected chi connectivity index (χ0v) is 9.10. The topological polar surface area (TPSA) is 26.0 Å². The number of rotatable bonds is 2. The maximum absolute atomic E-state index is 5.78. The third-order valence-electron chi connectivity index (χ3n) is 1.79. The third kappa shape index (κ3) is 1.94. The summed E-state index contributed by atoms with van der Waals surface area (Å²) in [6.07, 6.45) is 3.65. The summed E-state index contributed by atoms with van der Waals surface area (Å²) in [6, 6.07) is 7.48. The van der Waals surface area contributed by atoms with Gasteiger partial charge in [0.15, 0.2) is 5.76 Å². The van der Waals surface area contributed by atoms with E-state index in [4.69, 9.17) is 16.0 Å². The van der Waals surface area contributed by atoms with Crippen molar-refractivity contribution in [3.8, 4) is 11.3 Å². The molecule has 0 saturated carbocycles. The van der Waals surface area contributed by atoms with E-state index in [1.54, 1.807) is 6.20 Å². The zero-order chi connectivity index (χ0) is 9.97. The number of hydrogen-bond acceptors (Lipinski definition) is 3. The van der Waals surface area contributed by atoms with Gasteiger partial charge in [0, 0.05) is 10.6 Å². The van der Waals surface area contributed by atoms with E-state index in [1.165, 1.54) is 11.8 Å². The van der Waals surface area contributed by atoms with E-state index < -0.39 is 0 Å². The monoisotopic (exact) mass is 225 g/mol. The molecule has 0 spiro atoms. The molecule has 14 heavy (non-hydrogen) atoms. The zero-order valence-electron chi connectivity index (χ0n) is 7.53. The summed E-state index contributed by atoms with van der Waals surface area (Å²) in [7, 11) is 0. The highest BCUT2D eigenvalue weighted by molar-refractivity contribution is 7.98. The standard InChI is InChI=1S/C10H8ClNOS/c1-14-10-12-6-9(13-10)7-2-4-8(11)5-3-7/h2-6H,1H3. The third-order valence-corrected chi connectivity index (χ3v) is 2.58. The molecule has 0 aliphatic rings. The summed E-state index contributed by atoms with van der Waals surface area (Å²) in [5.41, 5.74) is 0.988. The minimum Gasteiger partial charge on any atom is -0.431 e. The van der Waals surface area contributed by atoms with Crippen molar-refractivity contribution in [1.29, 1.82) is 0 Å². The number of oxazole rings is 1. The molecule has 0 amide bonds. The van der Waals surface area contributed by atoms with Gasteiger partial charge in [-0.15, -0.1) is 0 Å². The number of halogens is 1. The minimum absolute atomic E-state index is 0.676. The Morgan fingerprint density at radius 3 is 2.57 bits per heavy atom. The highest BCUT2D eigenvalue weighted by atomic mass is 35.5. The summed E-state index contributed by atoms with van der Waals surface area (Å²) in [5, 5.41) is 1.40. The lowest BCUT2D eigenvalue weighted by Crippen LogP contribution is -1.71. The molecule has 0 radical (unpaired) electrons. The van der Waals surface area contributed by atoms with E-state index in [0.717, 1.165) is 16.3 Å². The first-order valence-electron chi connectivity index (χ1n) is 4.05. The van der Waals surface area contributed by atoms with Crippen LogP contribution in [0.4, 0.5) is 0 Å². The highest BCUT2D eigenvalue weighted by Crippen LogP contribution is 2.25. The first-order chi connectivity index (χ1) is 6.79. The van der Waals surface area contributed by atoms with Crippen molar-refractivity contribution in [2.75, 3.05) is 6.26 Å². The number of thioether (sulfide) groups is 1. The molecule has 0 atom stereocenters. The molecular formula is C10H8ClNOS. The van der Waals surface area contributed by atoms with Crippen molar-refractivity contribution in [3.63, 3.8) is 0 Å². The Kier molecular flexibility index (Phi) is 2.79. The minimum atomic E-state index is 0.676. The fraction of sp³-hybridized carbons (Fsp3) is 0.100. The molecule has 0 saturated heterocycles.